The van der Waals surface area contributed by atoms with Gasteiger partial charge in [-0.1, -0.05) is 35.4 Å². The number of hydrogen-bond donors (Lipinski definition) is 1. The van der Waals surface area contributed by atoms with Crippen LogP contribution in [-0.4, -0.2) is 11.8 Å². The van der Waals surface area contributed by atoms with Gasteiger partial charge < -0.3 is 5.32 Å². The van der Waals surface area contributed by atoms with Crippen LogP contribution < -0.4 is 10.2 Å². The summed E-state index contributed by atoms with van der Waals surface area (Å²) in [6.07, 6.45) is -4.60. The first-order valence-corrected chi connectivity index (χ1v) is 8.27. The van der Waals surface area contributed by atoms with Crippen LogP contribution in [0.1, 0.15) is 16.7 Å². The zero-order valence-corrected chi connectivity index (χ0v) is 15.1. The lowest BCUT2D eigenvalue weighted by atomic mass is 10.1. The summed E-state index contributed by atoms with van der Waals surface area (Å²) in [5, 5.41) is 2.45. The lowest BCUT2D eigenvalue weighted by Gasteiger charge is -2.17. The van der Waals surface area contributed by atoms with Gasteiger partial charge in [0, 0.05) is 5.69 Å². The summed E-state index contributed by atoms with van der Waals surface area (Å²) in [6.45, 7) is 3.72. The molecule has 1 heterocycles. The number of aryl methyl sites for hydroxylation is 2. The van der Waals surface area contributed by atoms with Crippen molar-refractivity contribution >= 4 is 34.8 Å². The Kier molecular flexibility index (Phi) is 4.73. The molecule has 140 valence electrons. The summed E-state index contributed by atoms with van der Waals surface area (Å²) in [6, 6.07) is 9.39. The van der Waals surface area contributed by atoms with Gasteiger partial charge in [0.2, 0.25) is 0 Å². The minimum atomic E-state index is -4.60. The quantitative estimate of drug-likeness (QED) is 0.764. The molecule has 27 heavy (non-hydrogen) atoms. The fourth-order valence-corrected chi connectivity index (χ4v) is 2.97. The predicted octanol–water partition coefficient (Wildman–Crippen LogP) is 4.76. The molecule has 3 rings (SSSR count). The topological polar surface area (TPSA) is 49.4 Å². The Morgan fingerprint density at radius 2 is 1.70 bits per heavy atom. The molecule has 1 aliphatic heterocycles. The Hall–Kier alpha value is -2.80. The van der Waals surface area contributed by atoms with Gasteiger partial charge in [0.05, 0.1) is 11.3 Å². The Morgan fingerprint density at radius 1 is 1.00 bits per heavy atom. The van der Waals surface area contributed by atoms with Crippen molar-refractivity contribution in [1.29, 1.82) is 0 Å². The molecule has 0 aromatic heterocycles. The Balaban J connectivity index is 1.95. The number of anilines is 2. The third-order valence-corrected chi connectivity index (χ3v) is 4.45. The van der Waals surface area contributed by atoms with Crippen LogP contribution in [0.15, 0.2) is 53.2 Å². The molecule has 0 spiro atoms. The average Bonchev–Trinajstić information content (AvgIpc) is 2.80. The molecular formula is C19H14ClF3N2O2. The molecular weight excluding hydrogens is 381 g/mol. The number of nitrogens with zero attached hydrogens (tertiary/aromatic N) is 1. The van der Waals surface area contributed by atoms with E-state index >= 15 is 0 Å². The van der Waals surface area contributed by atoms with Crippen molar-refractivity contribution in [2.45, 2.75) is 20.0 Å². The second-order valence-electron chi connectivity index (χ2n) is 6.13. The molecule has 0 atom stereocenters. The molecule has 0 bridgehead atoms. The van der Waals surface area contributed by atoms with Gasteiger partial charge in [0.1, 0.15) is 10.7 Å². The summed E-state index contributed by atoms with van der Waals surface area (Å²) in [7, 11) is 0. The summed E-state index contributed by atoms with van der Waals surface area (Å²) < 4.78 is 38.8. The molecule has 2 aromatic rings. The molecule has 0 aliphatic carbocycles. The number of alkyl halides is 3. The number of halogens is 4. The number of amides is 2. The van der Waals surface area contributed by atoms with Gasteiger partial charge in [0.25, 0.3) is 11.8 Å². The molecule has 0 fully saturated rings. The highest BCUT2D eigenvalue weighted by atomic mass is 35.5. The van der Waals surface area contributed by atoms with E-state index in [0.29, 0.717) is 10.6 Å². The first kappa shape index (κ1) is 19.0. The fourth-order valence-electron chi connectivity index (χ4n) is 2.76. The number of nitrogens with one attached hydrogen (secondary N) is 1. The fraction of sp³-hybridized carbons (Fsp3) is 0.158. The molecule has 0 saturated carbocycles. The van der Waals surface area contributed by atoms with Crippen molar-refractivity contribution in [1.82, 2.24) is 0 Å². The molecule has 0 unspecified atom stereocenters. The molecule has 0 saturated heterocycles. The lowest BCUT2D eigenvalue weighted by Crippen LogP contribution is -2.32. The highest BCUT2D eigenvalue weighted by molar-refractivity contribution is 6.53. The van der Waals surface area contributed by atoms with Gasteiger partial charge in [0.15, 0.2) is 0 Å². The second kappa shape index (κ2) is 6.74. The minimum Gasteiger partial charge on any atom is -0.349 e. The van der Waals surface area contributed by atoms with Crippen LogP contribution in [0, 0.1) is 13.8 Å². The second-order valence-corrected chi connectivity index (χ2v) is 6.50. The molecule has 1 aliphatic rings. The summed E-state index contributed by atoms with van der Waals surface area (Å²) in [5.74, 6) is -1.70. The van der Waals surface area contributed by atoms with Gasteiger partial charge in [-0.3, -0.25) is 9.59 Å². The third kappa shape index (κ3) is 3.55. The van der Waals surface area contributed by atoms with E-state index < -0.39 is 23.6 Å². The van der Waals surface area contributed by atoms with Gasteiger partial charge in [-0.2, -0.15) is 13.2 Å². The summed E-state index contributed by atoms with van der Waals surface area (Å²) >= 11 is 6.01. The molecule has 4 nitrogen and oxygen atoms in total. The van der Waals surface area contributed by atoms with Gasteiger partial charge in [-0.15, -0.1) is 0 Å². The molecule has 2 amide bonds. The maximum atomic E-state index is 12.9. The van der Waals surface area contributed by atoms with Crippen molar-refractivity contribution in [3.8, 4) is 0 Å². The Labute approximate surface area is 158 Å². The average molecular weight is 395 g/mol. The Bertz CT molecular complexity index is 983. The normalized spacial score (nSPS) is 15.0. The van der Waals surface area contributed by atoms with Crippen LogP contribution in [0.5, 0.6) is 0 Å². The smallest absolute Gasteiger partial charge is 0.349 e. The third-order valence-electron chi connectivity index (χ3n) is 4.10. The van der Waals surface area contributed by atoms with E-state index in [-0.39, 0.29) is 16.4 Å². The van der Waals surface area contributed by atoms with Crippen LogP contribution in [0.4, 0.5) is 24.5 Å². The molecule has 1 N–H and O–H groups in total. The maximum absolute atomic E-state index is 12.9. The number of rotatable bonds is 3. The predicted molar refractivity (Wildman–Crippen MR) is 96.4 cm³/mol. The van der Waals surface area contributed by atoms with Gasteiger partial charge >= 0.3 is 6.18 Å². The van der Waals surface area contributed by atoms with Crippen molar-refractivity contribution in [3.05, 3.63) is 69.9 Å². The van der Waals surface area contributed by atoms with E-state index in [9.17, 15) is 22.8 Å². The SMILES string of the molecule is Cc1ccc(NC2=C(Cl)C(=O)N(c3cccc(C(F)(F)F)c3)C2=O)c(C)c1. The van der Waals surface area contributed by atoms with Crippen molar-refractivity contribution in [3.63, 3.8) is 0 Å². The van der Waals surface area contributed by atoms with E-state index in [2.05, 4.69) is 5.32 Å². The minimum absolute atomic E-state index is 0.175. The number of benzene rings is 2. The first-order valence-electron chi connectivity index (χ1n) is 7.89. The number of imide groups is 1. The zero-order valence-electron chi connectivity index (χ0n) is 14.3. The van der Waals surface area contributed by atoms with E-state index in [1.807, 2.05) is 26.0 Å². The van der Waals surface area contributed by atoms with Crippen LogP contribution >= 0.6 is 11.6 Å². The highest BCUT2D eigenvalue weighted by Crippen LogP contribution is 2.35. The van der Waals surface area contributed by atoms with Crippen LogP contribution in [0.25, 0.3) is 0 Å². The molecule has 2 aromatic carbocycles. The van der Waals surface area contributed by atoms with E-state index in [0.717, 1.165) is 29.3 Å². The summed E-state index contributed by atoms with van der Waals surface area (Å²) in [5.41, 5.74) is 1.07. The highest BCUT2D eigenvalue weighted by Gasteiger charge is 2.40. The zero-order chi connectivity index (χ0) is 19.9. The van der Waals surface area contributed by atoms with Crippen LogP contribution in [0.2, 0.25) is 0 Å². The van der Waals surface area contributed by atoms with E-state index in [1.165, 1.54) is 6.07 Å². The number of hydrogen-bond acceptors (Lipinski definition) is 3. The summed E-state index contributed by atoms with van der Waals surface area (Å²) in [4.78, 5) is 25.7. The van der Waals surface area contributed by atoms with Crippen LogP contribution in [-0.2, 0) is 15.8 Å². The molecule has 8 heteroatoms. The Morgan fingerprint density at radius 3 is 2.33 bits per heavy atom. The van der Waals surface area contributed by atoms with Crippen molar-refractivity contribution in [2.75, 3.05) is 10.2 Å². The number of carbonyl (C=O) groups is 2. The monoisotopic (exact) mass is 394 g/mol. The maximum Gasteiger partial charge on any atom is 0.416 e. The number of carbonyl (C=O) groups excluding carboxylic acids is 2. The van der Waals surface area contributed by atoms with Gasteiger partial charge in [-0.25, -0.2) is 4.90 Å². The van der Waals surface area contributed by atoms with Crippen molar-refractivity contribution in [2.24, 2.45) is 0 Å². The van der Waals surface area contributed by atoms with Crippen LogP contribution in [0.3, 0.4) is 0 Å². The lowest BCUT2D eigenvalue weighted by molar-refractivity contribution is -0.137. The van der Waals surface area contributed by atoms with E-state index in [1.54, 1.807) is 6.07 Å². The molecule has 0 radical (unpaired) electrons. The largest absolute Gasteiger partial charge is 0.416 e. The van der Waals surface area contributed by atoms with Gasteiger partial charge in [-0.05, 0) is 43.7 Å². The van der Waals surface area contributed by atoms with E-state index in [4.69, 9.17) is 11.6 Å². The standard InChI is InChI=1S/C19H14ClF3N2O2/c1-10-6-7-14(11(2)8-10)24-16-15(20)17(26)25(18(16)27)13-5-3-4-12(9-13)19(21,22)23/h3-9,24H,1-2H3. The first-order chi connectivity index (χ1) is 12.6. The van der Waals surface area contributed by atoms with Crippen molar-refractivity contribution < 1.29 is 22.8 Å².